The Morgan fingerprint density at radius 1 is 1.33 bits per heavy atom. The third-order valence-corrected chi connectivity index (χ3v) is 2.81. The first-order valence-corrected chi connectivity index (χ1v) is 5.05. The van der Waals surface area contributed by atoms with Crippen molar-refractivity contribution in [3.63, 3.8) is 0 Å². The van der Waals surface area contributed by atoms with Crippen LogP contribution in [0.5, 0.6) is 0 Å². The van der Waals surface area contributed by atoms with Crippen LogP contribution in [0.15, 0.2) is 40.8 Å². The van der Waals surface area contributed by atoms with E-state index in [9.17, 15) is 0 Å². The van der Waals surface area contributed by atoms with Crippen LogP contribution in [0, 0.1) is 0 Å². The largest absolute Gasteiger partial charge is 0.332 e. The van der Waals surface area contributed by atoms with Crippen LogP contribution >= 0.6 is 0 Å². The molecule has 0 bridgehead atoms. The van der Waals surface area contributed by atoms with Gasteiger partial charge in [0.25, 0.3) is 0 Å². The number of hydrogen-bond donors (Lipinski definition) is 1. The lowest BCUT2D eigenvalue weighted by molar-refractivity contribution is 0.430. The molecule has 2 N–H and O–H groups in total. The number of allylic oxidation sites excluding steroid dienone is 4. The van der Waals surface area contributed by atoms with Crippen molar-refractivity contribution in [2.24, 2.45) is 10.8 Å². The highest BCUT2D eigenvalue weighted by Crippen LogP contribution is 2.26. The lowest BCUT2D eigenvalue weighted by atomic mass is 10.1. The van der Waals surface area contributed by atoms with Gasteiger partial charge in [0.1, 0.15) is 5.84 Å². The Hall–Kier alpha value is -1.55. The van der Waals surface area contributed by atoms with Crippen molar-refractivity contribution in [3.05, 3.63) is 35.8 Å². The van der Waals surface area contributed by atoms with Crippen LogP contribution in [0.2, 0.25) is 0 Å². The Labute approximate surface area is 90.0 Å². The van der Waals surface area contributed by atoms with Gasteiger partial charge in [-0.25, -0.2) is 5.84 Å². The molecule has 0 aliphatic carbocycles. The summed E-state index contributed by atoms with van der Waals surface area (Å²) in [5.74, 6) is 7.03. The van der Waals surface area contributed by atoms with Gasteiger partial charge in [-0.2, -0.15) is 0 Å². The molecule has 0 radical (unpaired) electrons. The molecule has 0 aromatic rings. The molecule has 0 saturated heterocycles. The van der Waals surface area contributed by atoms with Crippen molar-refractivity contribution in [1.29, 1.82) is 0 Å². The summed E-state index contributed by atoms with van der Waals surface area (Å²) in [5.41, 5.74) is 2.28. The Balaban J connectivity index is 2.42. The van der Waals surface area contributed by atoms with Crippen LogP contribution in [0.4, 0.5) is 0 Å². The van der Waals surface area contributed by atoms with E-state index in [1.54, 1.807) is 5.01 Å². The van der Waals surface area contributed by atoms with Crippen molar-refractivity contribution >= 4 is 5.84 Å². The molecule has 4 heteroatoms. The molecule has 2 aliphatic heterocycles. The lowest BCUT2D eigenvalue weighted by Gasteiger charge is -2.32. The molecular formula is C11H16N4. The molecule has 4 nitrogen and oxygen atoms in total. The molecular weight excluding hydrogens is 188 g/mol. The van der Waals surface area contributed by atoms with Crippen LogP contribution in [-0.2, 0) is 0 Å². The predicted octanol–water partition coefficient (Wildman–Crippen LogP) is 1.21. The number of rotatable bonds is 0. The number of hydrazine groups is 1. The zero-order chi connectivity index (χ0) is 10.8. The summed E-state index contributed by atoms with van der Waals surface area (Å²) in [4.78, 5) is 6.37. The number of hydrogen-bond acceptors (Lipinski definition) is 3. The number of likely N-dealkylation sites (N-methyl/N-ethyl adjacent to an activating group) is 1. The second-order valence-electron chi connectivity index (χ2n) is 3.64. The fourth-order valence-electron chi connectivity index (χ4n) is 1.97. The molecule has 0 aromatic carbocycles. The molecule has 15 heavy (non-hydrogen) atoms. The fourth-order valence-corrected chi connectivity index (χ4v) is 1.97. The van der Waals surface area contributed by atoms with Gasteiger partial charge >= 0.3 is 0 Å². The maximum absolute atomic E-state index is 5.92. The van der Waals surface area contributed by atoms with E-state index in [0.29, 0.717) is 0 Å². The van der Waals surface area contributed by atoms with Gasteiger partial charge in [-0.15, -0.1) is 0 Å². The van der Waals surface area contributed by atoms with Crippen molar-refractivity contribution in [2.75, 3.05) is 14.1 Å². The molecule has 0 fully saturated rings. The number of aliphatic imine (C=N–C) groups is 1. The monoisotopic (exact) mass is 204 g/mol. The quantitative estimate of drug-likeness (QED) is 0.603. The maximum atomic E-state index is 5.92. The molecule has 2 aliphatic rings. The Kier molecular flexibility index (Phi) is 2.60. The number of nitrogens with two attached hydrogens (primary N) is 1. The SMILES string of the molecule is C/N=C1/CCC2=C(C=CC=CN2N)N1C. The minimum atomic E-state index is 0.942. The second-order valence-corrected chi connectivity index (χ2v) is 3.64. The summed E-state index contributed by atoms with van der Waals surface area (Å²) in [6.07, 6.45) is 9.77. The first kappa shape index (κ1) is 9.98. The van der Waals surface area contributed by atoms with Gasteiger partial charge in [0.15, 0.2) is 0 Å². The molecule has 80 valence electrons. The van der Waals surface area contributed by atoms with Crippen molar-refractivity contribution in [3.8, 4) is 0 Å². The molecule has 0 amide bonds. The van der Waals surface area contributed by atoms with Crippen LogP contribution < -0.4 is 5.84 Å². The Morgan fingerprint density at radius 3 is 2.87 bits per heavy atom. The van der Waals surface area contributed by atoms with Gasteiger partial charge in [0, 0.05) is 26.7 Å². The van der Waals surface area contributed by atoms with Crippen LogP contribution in [0.25, 0.3) is 0 Å². The average Bonchev–Trinajstić information content (AvgIpc) is 2.42. The van der Waals surface area contributed by atoms with E-state index in [-0.39, 0.29) is 0 Å². The zero-order valence-corrected chi connectivity index (χ0v) is 9.14. The van der Waals surface area contributed by atoms with E-state index in [1.165, 1.54) is 0 Å². The van der Waals surface area contributed by atoms with E-state index in [4.69, 9.17) is 5.84 Å². The first-order chi connectivity index (χ1) is 7.24. The highest BCUT2D eigenvalue weighted by atomic mass is 15.4. The summed E-state index contributed by atoms with van der Waals surface area (Å²) < 4.78 is 0. The minimum absolute atomic E-state index is 0.942. The van der Waals surface area contributed by atoms with Gasteiger partial charge in [-0.1, -0.05) is 6.08 Å². The minimum Gasteiger partial charge on any atom is -0.332 e. The fraction of sp³-hybridized carbons (Fsp3) is 0.364. The molecule has 0 saturated carbocycles. The number of nitrogens with zero attached hydrogens (tertiary/aromatic N) is 3. The molecule has 0 unspecified atom stereocenters. The highest BCUT2D eigenvalue weighted by Gasteiger charge is 2.22. The molecule has 2 heterocycles. The summed E-state index contributed by atoms with van der Waals surface area (Å²) in [7, 11) is 3.86. The molecule has 2 rings (SSSR count). The first-order valence-electron chi connectivity index (χ1n) is 5.05. The third-order valence-electron chi connectivity index (χ3n) is 2.81. The normalized spacial score (nSPS) is 23.5. The predicted molar refractivity (Wildman–Crippen MR) is 61.7 cm³/mol. The van der Waals surface area contributed by atoms with E-state index < -0.39 is 0 Å². The summed E-state index contributed by atoms with van der Waals surface area (Å²) in [6, 6.07) is 0. The molecule has 0 aromatic heterocycles. The lowest BCUT2D eigenvalue weighted by Crippen LogP contribution is -2.36. The zero-order valence-electron chi connectivity index (χ0n) is 9.14. The van der Waals surface area contributed by atoms with Crippen molar-refractivity contribution in [1.82, 2.24) is 9.91 Å². The van der Waals surface area contributed by atoms with Gasteiger partial charge in [-0.3, -0.25) is 10.0 Å². The van der Waals surface area contributed by atoms with Crippen LogP contribution in [0.3, 0.4) is 0 Å². The third kappa shape index (κ3) is 1.68. The van der Waals surface area contributed by atoms with Crippen molar-refractivity contribution in [2.45, 2.75) is 12.8 Å². The Morgan fingerprint density at radius 2 is 2.13 bits per heavy atom. The average molecular weight is 204 g/mol. The van der Waals surface area contributed by atoms with Gasteiger partial charge < -0.3 is 4.90 Å². The van der Waals surface area contributed by atoms with Crippen molar-refractivity contribution < 1.29 is 0 Å². The van der Waals surface area contributed by atoms with E-state index in [0.717, 1.165) is 30.1 Å². The topological polar surface area (TPSA) is 44.9 Å². The summed E-state index contributed by atoms with van der Waals surface area (Å²) >= 11 is 0. The summed E-state index contributed by atoms with van der Waals surface area (Å²) in [5, 5.41) is 1.69. The van der Waals surface area contributed by atoms with Gasteiger partial charge in [0.05, 0.1) is 11.4 Å². The number of amidine groups is 1. The van der Waals surface area contributed by atoms with Gasteiger partial charge in [-0.05, 0) is 18.6 Å². The van der Waals surface area contributed by atoms with Crippen LogP contribution in [-0.4, -0.2) is 29.8 Å². The van der Waals surface area contributed by atoms with E-state index in [2.05, 4.69) is 16.0 Å². The molecule has 0 spiro atoms. The Bertz CT molecular complexity index is 376. The highest BCUT2D eigenvalue weighted by molar-refractivity contribution is 5.85. The second kappa shape index (κ2) is 3.90. The maximum Gasteiger partial charge on any atom is 0.103 e. The summed E-state index contributed by atoms with van der Waals surface area (Å²) in [6.45, 7) is 0. The van der Waals surface area contributed by atoms with Gasteiger partial charge in [0.2, 0.25) is 0 Å². The smallest absolute Gasteiger partial charge is 0.103 e. The van der Waals surface area contributed by atoms with Crippen LogP contribution in [0.1, 0.15) is 12.8 Å². The van der Waals surface area contributed by atoms with E-state index >= 15 is 0 Å². The van der Waals surface area contributed by atoms with E-state index in [1.807, 2.05) is 32.4 Å². The molecule has 0 atom stereocenters. The standard InChI is InChI=1S/C11H16N4/c1-13-11-7-6-10-9(14(11)2)5-3-4-8-15(10)12/h3-5,8H,6-7,12H2,1-2H3/b13-11-.